The van der Waals surface area contributed by atoms with E-state index < -0.39 is 18.0 Å². The van der Waals surface area contributed by atoms with Crippen LogP contribution >= 0.6 is 0 Å². The number of ether oxygens (including phenoxy) is 3. The summed E-state index contributed by atoms with van der Waals surface area (Å²) in [5.41, 5.74) is 5.87. The van der Waals surface area contributed by atoms with E-state index in [2.05, 4.69) is 20.8 Å². The Bertz CT molecular complexity index is 1380. The molecule has 1 heterocycles. The Morgan fingerprint density at radius 2 is 1.73 bits per heavy atom. The van der Waals surface area contributed by atoms with Crippen molar-refractivity contribution in [1.29, 1.82) is 0 Å². The fourth-order valence-corrected chi connectivity index (χ4v) is 3.82. The molecular formula is C28H28N4O5. The maximum Gasteiger partial charge on any atom is 0.408 e. The molecule has 1 aromatic heterocycles. The minimum Gasteiger partial charge on any atom is -0.493 e. The van der Waals surface area contributed by atoms with Crippen LogP contribution < -0.4 is 20.2 Å². The van der Waals surface area contributed by atoms with Crippen molar-refractivity contribution in [3.8, 4) is 11.5 Å². The van der Waals surface area contributed by atoms with Crippen molar-refractivity contribution in [3.63, 3.8) is 0 Å². The molecule has 3 aromatic carbocycles. The van der Waals surface area contributed by atoms with Gasteiger partial charge in [0.2, 0.25) is 0 Å². The number of rotatable bonds is 10. The maximum absolute atomic E-state index is 13.1. The second kappa shape index (κ2) is 12.3. The maximum atomic E-state index is 13.1. The number of nitrogens with zero attached hydrogens (tertiary/aromatic N) is 1. The van der Waals surface area contributed by atoms with E-state index in [9.17, 15) is 9.59 Å². The Hall–Kier alpha value is -4.79. The number of benzene rings is 3. The minimum absolute atomic E-state index is 0.0888. The zero-order chi connectivity index (χ0) is 26.0. The number of H-pyrrole nitrogens is 1. The zero-order valence-electron chi connectivity index (χ0n) is 20.6. The zero-order valence-corrected chi connectivity index (χ0v) is 20.6. The van der Waals surface area contributed by atoms with E-state index in [-0.39, 0.29) is 13.0 Å². The molecule has 0 aliphatic heterocycles. The normalized spacial score (nSPS) is 11.7. The first-order valence-corrected chi connectivity index (χ1v) is 11.6. The molecule has 9 nitrogen and oxygen atoms in total. The molecule has 190 valence electrons. The van der Waals surface area contributed by atoms with Crippen LogP contribution in [0.5, 0.6) is 11.5 Å². The molecule has 0 unspecified atom stereocenters. The van der Waals surface area contributed by atoms with Gasteiger partial charge in [0.15, 0.2) is 11.5 Å². The first kappa shape index (κ1) is 25.3. The molecule has 37 heavy (non-hydrogen) atoms. The smallest absolute Gasteiger partial charge is 0.408 e. The number of hydrogen-bond acceptors (Lipinski definition) is 6. The predicted molar refractivity (Wildman–Crippen MR) is 141 cm³/mol. The van der Waals surface area contributed by atoms with Gasteiger partial charge in [0.25, 0.3) is 5.91 Å². The highest BCUT2D eigenvalue weighted by Crippen LogP contribution is 2.26. The summed E-state index contributed by atoms with van der Waals surface area (Å²) in [5, 5.41) is 7.71. The Kier molecular flexibility index (Phi) is 8.38. The lowest BCUT2D eigenvalue weighted by Crippen LogP contribution is -2.47. The first-order valence-electron chi connectivity index (χ1n) is 11.6. The van der Waals surface area contributed by atoms with Crippen LogP contribution in [0.4, 0.5) is 4.79 Å². The van der Waals surface area contributed by atoms with Crippen LogP contribution in [0.1, 0.15) is 16.7 Å². The van der Waals surface area contributed by atoms with Gasteiger partial charge in [0.05, 0.1) is 20.4 Å². The van der Waals surface area contributed by atoms with Crippen LogP contribution in [-0.4, -0.2) is 43.5 Å². The number of para-hydroxylation sites is 1. The molecular weight excluding hydrogens is 472 g/mol. The summed E-state index contributed by atoms with van der Waals surface area (Å²) in [5.74, 6) is 0.636. The Balaban J connectivity index is 1.46. The van der Waals surface area contributed by atoms with Crippen LogP contribution in [0.25, 0.3) is 10.9 Å². The van der Waals surface area contributed by atoms with Crippen LogP contribution in [0.3, 0.4) is 0 Å². The third-order valence-corrected chi connectivity index (χ3v) is 5.72. The van der Waals surface area contributed by atoms with Crippen LogP contribution in [0, 0.1) is 0 Å². The summed E-state index contributed by atoms with van der Waals surface area (Å²) < 4.78 is 15.9. The fraction of sp³-hybridized carbons (Fsp3) is 0.179. The summed E-state index contributed by atoms with van der Waals surface area (Å²) >= 11 is 0. The van der Waals surface area contributed by atoms with Gasteiger partial charge in [0, 0.05) is 23.5 Å². The SMILES string of the molecule is COc1ccc(/C=N\NC(=O)[C@H](Cc2c[nH]c3ccccc23)NC(=O)OCc2ccccc2)cc1OC. The van der Waals surface area contributed by atoms with E-state index >= 15 is 0 Å². The van der Waals surface area contributed by atoms with Gasteiger partial charge in [-0.25, -0.2) is 10.2 Å². The van der Waals surface area contributed by atoms with Crippen molar-refractivity contribution in [2.75, 3.05) is 14.2 Å². The molecule has 0 aliphatic rings. The first-order chi connectivity index (χ1) is 18.1. The largest absolute Gasteiger partial charge is 0.493 e. The second-order valence-electron chi connectivity index (χ2n) is 8.17. The molecule has 0 saturated carbocycles. The molecule has 0 fully saturated rings. The van der Waals surface area contributed by atoms with Crippen molar-refractivity contribution >= 4 is 29.1 Å². The van der Waals surface area contributed by atoms with E-state index in [4.69, 9.17) is 14.2 Å². The van der Waals surface area contributed by atoms with Crippen molar-refractivity contribution in [3.05, 3.63) is 95.7 Å². The lowest BCUT2D eigenvalue weighted by molar-refractivity contribution is -0.123. The predicted octanol–water partition coefficient (Wildman–Crippen LogP) is 4.17. The van der Waals surface area contributed by atoms with Gasteiger partial charge in [-0.2, -0.15) is 5.10 Å². The number of hydrazone groups is 1. The van der Waals surface area contributed by atoms with Gasteiger partial charge in [-0.15, -0.1) is 0 Å². The number of aromatic nitrogens is 1. The summed E-state index contributed by atoms with van der Waals surface area (Å²) in [7, 11) is 3.09. The molecule has 0 aliphatic carbocycles. The van der Waals surface area contributed by atoms with Gasteiger partial charge >= 0.3 is 6.09 Å². The van der Waals surface area contributed by atoms with Gasteiger partial charge in [-0.05, 0) is 41.0 Å². The topological polar surface area (TPSA) is 114 Å². The molecule has 0 spiro atoms. The van der Waals surface area contributed by atoms with Gasteiger partial charge in [-0.3, -0.25) is 4.79 Å². The van der Waals surface area contributed by atoms with Gasteiger partial charge in [0.1, 0.15) is 12.6 Å². The highest BCUT2D eigenvalue weighted by molar-refractivity contribution is 5.89. The molecule has 1 atom stereocenters. The number of amides is 2. The number of methoxy groups -OCH3 is 2. The third-order valence-electron chi connectivity index (χ3n) is 5.72. The lowest BCUT2D eigenvalue weighted by atomic mass is 10.0. The monoisotopic (exact) mass is 500 g/mol. The Labute approximate surface area is 214 Å². The number of aromatic amines is 1. The third kappa shape index (κ3) is 6.66. The van der Waals surface area contributed by atoms with E-state index in [1.807, 2.05) is 60.8 Å². The highest BCUT2D eigenvalue weighted by Gasteiger charge is 2.23. The summed E-state index contributed by atoms with van der Waals surface area (Å²) in [6.45, 7) is 0.0888. The van der Waals surface area contributed by atoms with Crippen molar-refractivity contribution in [1.82, 2.24) is 15.7 Å². The molecule has 3 N–H and O–H groups in total. The average molecular weight is 501 g/mol. The van der Waals surface area contributed by atoms with Gasteiger partial charge < -0.3 is 24.5 Å². The number of nitrogens with one attached hydrogen (secondary N) is 3. The number of fused-ring (bicyclic) bond motifs is 1. The Morgan fingerprint density at radius 3 is 2.51 bits per heavy atom. The van der Waals surface area contributed by atoms with Crippen LogP contribution in [0.15, 0.2) is 84.1 Å². The van der Waals surface area contributed by atoms with Crippen LogP contribution in [0.2, 0.25) is 0 Å². The number of carbonyl (C=O) groups excluding carboxylic acids is 2. The van der Waals surface area contributed by atoms with Crippen molar-refractivity contribution in [2.45, 2.75) is 19.1 Å². The van der Waals surface area contributed by atoms with Crippen LogP contribution in [-0.2, 0) is 22.6 Å². The van der Waals surface area contributed by atoms with Crippen molar-refractivity contribution < 1.29 is 23.8 Å². The summed E-state index contributed by atoms with van der Waals surface area (Å²) in [4.78, 5) is 28.8. The van der Waals surface area contributed by atoms with Gasteiger partial charge in [-0.1, -0.05) is 48.5 Å². The fourth-order valence-electron chi connectivity index (χ4n) is 3.82. The summed E-state index contributed by atoms with van der Waals surface area (Å²) in [6, 6.07) is 21.4. The molecule has 9 heteroatoms. The molecule has 4 rings (SSSR count). The highest BCUT2D eigenvalue weighted by atomic mass is 16.5. The quantitative estimate of drug-likeness (QED) is 0.223. The summed E-state index contributed by atoms with van der Waals surface area (Å²) in [6.07, 6.45) is 2.85. The average Bonchev–Trinajstić information content (AvgIpc) is 3.34. The molecule has 2 amide bonds. The minimum atomic E-state index is -0.926. The molecule has 0 bridgehead atoms. The van der Waals surface area contributed by atoms with E-state index in [1.54, 1.807) is 32.4 Å². The van der Waals surface area contributed by atoms with E-state index in [0.29, 0.717) is 17.1 Å². The van der Waals surface area contributed by atoms with Crippen molar-refractivity contribution in [2.24, 2.45) is 5.10 Å². The number of carbonyl (C=O) groups is 2. The molecule has 0 saturated heterocycles. The number of hydrogen-bond donors (Lipinski definition) is 3. The Morgan fingerprint density at radius 1 is 0.973 bits per heavy atom. The van der Waals surface area contributed by atoms with E-state index in [0.717, 1.165) is 22.0 Å². The van der Waals surface area contributed by atoms with E-state index in [1.165, 1.54) is 6.21 Å². The number of alkyl carbamates (subject to hydrolysis) is 1. The molecule has 4 aromatic rings. The second-order valence-corrected chi connectivity index (χ2v) is 8.17. The molecule has 0 radical (unpaired) electrons. The lowest BCUT2D eigenvalue weighted by Gasteiger charge is -2.17. The standard InChI is InChI=1S/C28H28N4O5/c1-35-25-13-12-20(14-26(25)36-2)16-30-32-27(33)24(15-21-17-29-23-11-7-6-10-22(21)23)31-28(34)37-18-19-8-4-3-5-9-19/h3-14,16-17,24,29H,15,18H2,1-2H3,(H,31,34)(H,32,33)/b30-16-/t24-/m0/s1.